The van der Waals surface area contributed by atoms with Crippen molar-refractivity contribution in [2.45, 2.75) is 6.04 Å². The molecule has 0 aliphatic carbocycles. The SMILES string of the molecule is CN1CCN(C)C(CNc2ncc(Cl)cc2Cl)C1. The van der Waals surface area contributed by atoms with Gasteiger partial charge in [0.1, 0.15) is 5.82 Å². The van der Waals surface area contributed by atoms with E-state index in [-0.39, 0.29) is 0 Å². The monoisotopic (exact) mass is 288 g/mol. The Morgan fingerprint density at radius 3 is 2.89 bits per heavy atom. The molecule has 6 heteroatoms. The molecule has 18 heavy (non-hydrogen) atoms. The minimum absolute atomic E-state index is 0.470. The van der Waals surface area contributed by atoms with Crippen LogP contribution in [0.5, 0.6) is 0 Å². The Balaban J connectivity index is 1.94. The molecule has 1 saturated heterocycles. The van der Waals surface area contributed by atoms with Crippen LogP contribution in [0.4, 0.5) is 5.82 Å². The Kier molecular flexibility index (Phi) is 4.67. The number of anilines is 1. The van der Waals surface area contributed by atoms with Gasteiger partial charge in [0.2, 0.25) is 0 Å². The van der Waals surface area contributed by atoms with E-state index < -0.39 is 0 Å². The lowest BCUT2D eigenvalue weighted by atomic mass is 10.2. The van der Waals surface area contributed by atoms with Crippen molar-refractivity contribution in [3.05, 3.63) is 22.3 Å². The van der Waals surface area contributed by atoms with Gasteiger partial charge >= 0.3 is 0 Å². The molecule has 1 unspecified atom stereocenters. The molecule has 1 aliphatic rings. The van der Waals surface area contributed by atoms with E-state index in [1.54, 1.807) is 12.3 Å². The van der Waals surface area contributed by atoms with Crippen molar-refractivity contribution < 1.29 is 0 Å². The Morgan fingerprint density at radius 2 is 2.17 bits per heavy atom. The van der Waals surface area contributed by atoms with Gasteiger partial charge in [-0.15, -0.1) is 0 Å². The van der Waals surface area contributed by atoms with Gasteiger partial charge in [-0.2, -0.15) is 0 Å². The normalized spacial score (nSPS) is 22.1. The van der Waals surface area contributed by atoms with Gasteiger partial charge in [0.25, 0.3) is 0 Å². The van der Waals surface area contributed by atoms with E-state index in [0.717, 1.165) is 26.2 Å². The third kappa shape index (κ3) is 3.48. The van der Waals surface area contributed by atoms with Gasteiger partial charge in [0.15, 0.2) is 0 Å². The van der Waals surface area contributed by atoms with Crippen LogP contribution in [0.2, 0.25) is 10.0 Å². The molecule has 1 N–H and O–H groups in total. The lowest BCUT2D eigenvalue weighted by Crippen LogP contribution is -2.52. The maximum absolute atomic E-state index is 6.08. The first-order valence-corrected chi connectivity index (χ1v) is 6.75. The molecule has 0 radical (unpaired) electrons. The number of nitrogens with one attached hydrogen (secondary N) is 1. The molecule has 2 rings (SSSR count). The summed E-state index contributed by atoms with van der Waals surface area (Å²) in [5, 5.41) is 4.41. The van der Waals surface area contributed by atoms with Crippen molar-refractivity contribution in [3.8, 4) is 0 Å². The summed E-state index contributed by atoms with van der Waals surface area (Å²) in [7, 11) is 4.30. The van der Waals surface area contributed by atoms with Crippen LogP contribution in [0, 0.1) is 0 Å². The minimum Gasteiger partial charge on any atom is -0.367 e. The van der Waals surface area contributed by atoms with Gasteiger partial charge < -0.3 is 10.2 Å². The fraction of sp³-hybridized carbons (Fsp3) is 0.583. The maximum Gasteiger partial charge on any atom is 0.144 e. The van der Waals surface area contributed by atoms with Gasteiger partial charge in [-0.1, -0.05) is 23.2 Å². The third-order valence-corrected chi connectivity index (χ3v) is 3.79. The third-order valence-electron chi connectivity index (χ3n) is 3.29. The molecular weight excluding hydrogens is 271 g/mol. The zero-order valence-electron chi connectivity index (χ0n) is 10.7. The van der Waals surface area contributed by atoms with Crippen LogP contribution < -0.4 is 5.32 Å². The highest BCUT2D eigenvalue weighted by Gasteiger charge is 2.22. The molecule has 0 spiro atoms. The van der Waals surface area contributed by atoms with Crippen molar-refractivity contribution >= 4 is 29.0 Å². The summed E-state index contributed by atoms with van der Waals surface area (Å²) in [6.45, 7) is 4.08. The molecule has 0 bridgehead atoms. The molecule has 1 aromatic rings. The molecule has 4 nitrogen and oxygen atoms in total. The fourth-order valence-electron chi connectivity index (χ4n) is 2.08. The summed E-state index contributed by atoms with van der Waals surface area (Å²) in [5.41, 5.74) is 0. The summed E-state index contributed by atoms with van der Waals surface area (Å²) < 4.78 is 0. The Hall–Kier alpha value is -0.550. The second-order valence-corrected chi connectivity index (χ2v) is 5.61. The number of piperazine rings is 1. The van der Waals surface area contributed by atoms with E-state index >= 15 is 0 Å². The molecule has 0 aromatic carbocycles. The molecule has 1 atom stereocenters. The largest absolute Gasteiger partial charge is 0.367 e. The predicted molar refractivity (Wildman–Crippen MR) is 76.7 cm³/mol. The molecule has 0 amide bonds. The summed E-state index contributed by atoms with van der Waals surface area (Å²) in [6.07, 6.45) is 1.60. The van der Waals surface area contributed by atoms with Gasteiger partial charge in [-0.25, -0.2) is 4.98 Å². The van der Waals surface area contributed by atoms with Crippen molar-refractivity contribution in [3.63, 3.8) is 0 Å². The first-order valence-electron chi connectivity index (χ1n) is 6.00. The fourth-order valence-corrected chi connectivity index (χ4v) is 2.53. The average Bonchev–Trinajstić information content (AvgIpc) is 2.32. The second-order valence-electron chi connectivity index (χ2n) is 4.76. The van der Waals surface area contributed by atoms with Crippen LogP contribution in [0.1, 0.15) is 0 Å². The number of rotatable bonds is 3. The summed E-state index contributed by atoms with van der Waals surface area (Å²) >= 11 is 11.9. The average molecular weight is 289 g/mol. The quantitative estimate of drug-likeness (QED) is 0.923. The number of likely N-dealkylation sites (N-methyl/N-ethyl adjacent to an activating group) is 2. The minimum atomic E-state index is 0.470. The number of nitrogens with zero attached hydrogens (tertiary/aromatic N) is 3. The highest BCUT2D eigenvalue weighted by atomic mass is 35.5. The van der Waals surface area contributed by atoms with Gasteiger partial charge in [0.05, 0.1) is 10.0 Å². The Labute approximate surface area is 118 Å². The van der Waals surface area contributed by atoms with E-state index in [0.29, 0.717) is 21.9 Å². The molecule has 2 heterocycles. The molecule has 1 fully saturated rings. The molecular formula is C12H18Cl2N4. The van der Waals surface area contributed by atoms with Crippen molar-refractivity contribution in [2.24, 2.45) is 0 Å². The number of aromatic nitrogens is 1. The van der Waals surface area contributed by atoms with Crippen molar-refractivity contribution in [2.75, 3.05) is 45.6 Å². The zero-order chi connectivity index (χ0) is 13.1. The van der Waals surface area contributed by atoms with Gasteiger partial charge in [-0.05, 0) is 20.2 Å². The maximum atomic E-state index is 6.08. The van der Waals surface area contributed by atoms with Crippen molar-refractivity contribution in [1.29, 1.82) is 0 Å². The lowest BCUT2D eigenvalue weighted by molar-refractivity contribution is 0.122. The number of hydrogen-bond donors (Lipinski definition) is 1. The van der Waals surface area contributed by atoms with E-state index in [9.17, 15) is 0 Å². The van der Waals surface area contributed by atoms with Crippen LogP contribution in [-0.4, -0.2) is 61.1 Å². The van der Waals surface area contributed by atoms with Crippen LogP contribution >= 0.6 is 23.2 Å². The highest BCUT2D eigenvalue weighted by Crippen LogP contribution is 2.22. The zero-order valence-corrected chi connectivity index (χ0v) is 12.2. The molecule has 1 aromatic heterocycles. The van der Waals surface area contributed by atoms with E-state index in [1.807, 2.05) is 0 Å². The van der Waals surface area contributed by atoms with E-state index in [2.05, 4.69) is 34.2 Å². The predicted octanol–water partition coefficient (Wildman–Crippen LogP) is 2.05. The standard InChI is InChI=1S/C12H18Cl2N4/c1-17-3-4-18(2)10(8-17)7-16-12-11(14)5-9(13)6-15-12/h5-6,10H,3-4,7-8H2,1-2H3,(H,15,16). The molecule has 100 valence electrons. The van der Waals surface area contributed by atoms with Crippen molar-refractivity contribution in [1.82, 2.24) is 14.8 Å². The Bertz CT molecular complexity index is 413. The van der Waals surface area contributed by atoms with Crippen LogP contribution in [0.15, 0.2) is 12.3 Å². The topological polar surface area (TPSA) is 31.4 Å². The highest BCUT2D eigenvalue weighted by molar-refractivity contribution is 6.35. The van der Waals surface area contributed by atoms with Gasteiger partial charge in [-0.3, -0.25) is 4.90 Å². The van der Waals surface area contributed by atoms with Gasteiger partial charge in [0, 0.05) is 38.4 Å². The molecule has 1 aliphatic heterocycles. The van der Waals surface area contributed by atoms with Crippen LogP contribution in [0.25, 0.3) is 0 Å². The first kappa shape index (κ1) is 13.9. The number of halogens is 2. The Morgan fingerprint density at radius 1 is 1.39 bits per heavy atom. The number of pyridine rings is 1. The lowest BCUT2D eigenvalue weighted by Gasteiger charge is -2.37. The number of hydrogen-bond acceptors (Lipinski definition) is 4. The summed E-state index contributed by atoms with van der Waals surface area (Å²) in [5.74, 6) is 0.697. The van der Waals surface area contributed by atoms with E-state index in [1.165, 1.54) is 0 Å². The van der Waals surface area contributed by atoms with Crippen LogP contribution in [0.3, 0.4) is 0 Å². The molecule has 0 saturated carbocycles. The second kappa shape index (κ2) is 6.06. The summed E-state index contributed by atoms with van der Waals surface area (Å²) in [4.78, 5) is 8.89. The van der Waals surface area contributed by atoms with E-state index in [4.69, 9.17) is 23.2 Å². The summed E-state index contributed by atoms with van der Waals surface area (Å²) in [6, 6.07) is 2.17. The first-order chi connectivity index (χ1) is 8.56. The van der Waals surface area contributed by atoms with Crippen LogP contribution in [-0.2, 0) is 0 Å². The smallest absolute Gasteiger partial charge is 0.144 e.